The zero-order valence-electron chi connectivity index (χ0n) is 15.3. The third-order valence-electron chi connectivity index (χ3n) is 4.17. The first-order valence-corrected chi connectivity index (χ1v) is 9.21. The quantitative estimate of drug-likeness (QED) is 0.635. The molecule has 2 aromatic heterocycles. The Labute approximate surface area is 162 Å². The summed E-state index contributed by atoms with van der Waals surface area (Å²) in [5.41, 5.74) is 1.86. The number of benzene rings is 1. The molecule has 1 unspecified atom stereocenters. The zero-order valence-corrected chi connectivity index (χ0v) is 16.1. The van der Waals surface area contributed by atoms with E-state index in [0.717, 1.165) is 12.2 Å². The summed E-state index contributed by atoms with van der Waals surface area (Å²) in [7, 11) is 0. The van der Waals surface area contributed by atoms with E-state index in [1.807, 2.05) is 31.2 Å². The van der Waals surface area contributed by atoms with Gasteiger partial charge in [0.05, 0.1) is 29.3 Å². The molecule has 1 amide bonds. The van der Waals surface area contributed by atoms with Gasteiger partial charge in [-0.1, -0.05) is 37.6 Å². The predicted molar refractivity (Wildman–Crippen MR) is 104 cm³/mol. The first kappa shape index (κ1) is 19.0. The SMILES string of the molecule is CCc1ccc(OCn2cc(NC(=O)C(CC)n3cc(Cl)cn3)cn2)cc1. The molecule has 3 aromatic rings. The topological polar surface area (TPSA) is 74.0 Å². The third kappa shape index (κ3) is 4.89. The standard InChI is InChI=1S/C19H22ClN5O2/c1-3-14-5-7-17(8-6-14)27-13-24-12-16(10-21-24)23-19(26)18(4-2)25-11-15(20)9-22-25/h5-12,18H,3-4,13H2,1-2H3,(H,23,26). The molecule has 0 bridgehead atoms. The van der Waals surface area contributed by atoms with E-state index in [2.05, 4.69) is 22.4 Å². The van der Waals surface area contributed by atoms with Gasteiger partial charge in [0, 0.05) is 6.20 Å². The number of nitrogens with zero attached hydrogens (tertiary/aromatic N) is 4. The Morgan fingerprint density at radius 3 is 2.59 bits per heavy atom. The fourth-order valence-corrected chi connectivity index (χ4v) is 2.81. The van der Waals surface area contributed by atoms with Crippen LogP contribution in [0.15, 0.2) is 49.1 Å². The highest BCUT2D eigenvalue weighted by Crippen LogP contribution is 2.17. The summed E-state index contributed by atoms with van der Waals surface area (Å²) in [5.74, 6) is 0.600. The van der Waals surface area contributed by atoms with E-state index in [4.69, 9.17) is 16.3 Å². The molecule has 27 heavy (non-hydrogen) atoms. The maximum Gasteiger partial charge on any atom is 0.249 e. The van der Waals surface area contributed by atoms with Crippen LogP contribution >= 0.6 is 11.6 Å². The van der Waals surface area contributed by atoms with Crippen molar-refractivity contribution in [2.75, 3.05) is 5.32 Å². The van der Waals surface area contributed by atoms with Gasteiger partial charge in [-0.25, -0.2) is 4.68 Å². The van der Waals surface area contributed by atoms with Gasteiger partial charge in [-0.15, -0.1) is 0 Å². The van der Waals surface area contributed by atoms with Crippen LogP contribution in [-0.2, 0) is 17.9 Å². The van der Waals surface area contributed by atoms with Crippen molar-refractivity contribution in [3.63, 3.8) is 0 Å². The fraction of sp³-hybridized carbons (Fsp3) is 0.316. The minimum atomic E-state index is -0.436. The Bertz CT molecular complexity index is 888. The number of carbonyl (C=O) groups is 1. The lowest BCUT2D eigenvalue weighted by atomic mass is 10.2. The van der Waals surface area contributed by atoms with Crippen LogP contribution in [0.4, 0.5) is 5.69 Å². The minimum absolute atomic E-state index is 0.173. The predicted octanol–water partition coefficient (Wildman–Crippen LogP) is 3.92. The number of hydrogen-bond acceptors (Lipinski definition) is 4. The number of carbonyl (C=O) groups excluding carboxylic acids is 1. The second kappa shape index (κ2) is 8.73. The molecule has 0 fully saturated rings. The van der Waals surface area contributed by atoms with Crippen molar-refractivity contribution in [1.29, 1.82) is 0 Å². The lowest BCUT2D eigenvalue weighted by Crippen LogP contribution is -2.25. The smallest absolute Gasteiger partial charge is 0.249 e. The van der Waals surface area contributed by atoms with Gasteiger partial charge in [-0.2, -0.15) is 10.2 Å². The number of anilines is 1. The summed E-state index contributed by atoms with van der Waals surface area (Å²) in [4.78, 5) is 12.5. The van der Waals surface area contributed by atoms with Crippen LogP contribution in [0.3, 0.4) is 0 Å². The molecule has 2 heterocycles. The Hall–Kier alpha value is -2.80. The average molecular weight is 388 g/mol. The van der Waals surface area contributed by atoms with Crippen LogP contribution in [0.5, 0.6) is 5.75 Å². The van der Waals surface area contributed by atoms with E-state index in [9.17, 15) is 4.79 Å². The van der Waals surface area contributed by atoms with E-state index < -0.39 is 6.04 Å². The Balaban J connectivity index is 1.57. The van der Waals surface area contributed by atoms with Crippen LogP contribution in [0.25, 0.3) is 0 Å². The molecule has 142 valence electrons. The lowest BCUT2D eigenvalue weighted by Gasteiger charge is -2.14. The molecule has 0 saturated heterocycles. The van der Waals surface area contributed by atoms with E-state index in [1.54, 1.807) is 28.0 Å². The zero-order chi connectivity index (χ0) is 19.2. The minimum Gasteiger partial charge on any atom is -0.471 e. The fourth-order valence-electron chi connectivity index (χ4n) is 2.66. The van der Waals surface area contributed by atoms with Gasteiger partial charge >= 0.3 is 0 Å². The number of aromatic nitrogens is 4. The molecule has 0 aliphatic carbocycles. The summed E-state index contributed by atoms with van der Waals surface area (Å²) in [6, 6.07) is 7.51. The molecule has 1 aromatic carbocycles. The van der Waals surface area contributed by atoms with Crippen LogP contribution in [-0.4, -0.2) is 25.5 Å². The second-order valence-electron chi connectivity index (χ2n) is 6.09. The van der Waals surface area contributed by atoms with Gasteiger partial charge < -0.3 is 10.1 Å². The summed E-state index contributed by atoms with van der Waals surface area (Å²) in [6.45, 7) is 4.29. The molecule has 0 radical (unpaired) electrons. The molecule has 3 rings (SSSR count). The van der Waals surface area contributed by atoms with E-state index in [0.29, 0.717) is 17.1 Å². The van der Waals surface area contributed by atoms with E-state index in [1.165, 1.54) is 11.8 Å². The molecule has 0 aliphatic rings. The molecule has 8 heteroatoms. The van der Waals surface area contributed by atoms with Gasteiger partial charge in [-0.3, -0.25) is 9.48 Å². The largest absolute Gasteiger partial charge is 0.471 e. The van der Waals surface area contributed by atoms with Crippen molar-refractivity contribution >= 4 is 23.2 Å². The summed E-state index contributed by atoms with van der Waals surface area (Å²) in [5, 5.41) is 11.7. The number of aryl methyl sites for hydroxylation is 1. The van der Waals surface area contributed by atoms with Crippen LogP contribution in [0, 0.1) is 0 Å². The summed E-state index contributed by atoms with van der Waals surface area (Å²) in [6.07, 6.45) is 8.04. The van der Waals surface area contributed by atoms with Gasteiger partial charge in [0.25, 0.3) is 0 Å². The summed E-state index contributed by atoms with van der Waals surface area (Å²) >= 11 is 5.89. The number of nitrogens with one attached hydrogen (secondary N) is 1. The van der Waals surface area contributed by atoms with Gasteiger partial charge in [-0.05, 0) is 30.5 Å². The van der Waals surface area contributed by atoms with Crippen LogP contribution < -0.4 is 10.1 Å². The highest BCUT2D eigenvalue weighted by atomic mass is 35.5. The molecular weight excluding hydrogens is 366 g/mol. The molecule has 0 saturated carbocycles. The Morgan fingerprint density at radius 2 is 1.96 bits per heavy atom. The van der Waals surface area contributed by atoms with Crippen molar-refractivity contribution in [2.24, 2.45) is 0 Å². The molecule has 0 aliphatic heterocycles. The summed E-state index contributed by atoms with van der Waals surface area (Å²) < 4.78 is 8.89. The van der Waals surface area contributed by atoms with Gasteiger partial charge in [0.2, 0.25) is 5.91 Å². The molecule has 1 atom stereocenters. The third-order valence-corrected chi connectivity index (χ3v) is 4.37. The Kier molecular flexibility index (Phi) is 6.13. The average Bonchev–Trinajstić information content (AvgIpc) is 3.30. The molecule has 0 spiro atoms. The van der Waals surface area contributed by atoms with Gasteiger partial charge in [0.15, 0.2) is 6.73 Å². The maximum atomic E-state index is 12.5. The highest BCUT2D eigenvalue weighted by molar-refractivity contribution is 6.30. The van der Waals surface area contributed by atoms with E-state index >= 15 is 0 Å². The van der Waals surface area contributed by atoms with Crippen molar-refractivity contribution in [3.8, 4) is 5.75 Å². The molecular formula is C19H22ClN5O2. The van der Waals surface area contributed by atoms with Crippen molar-refractivity contribution in [1.82, 2.24) is 19.6 Å². The monoisotopic (exact) mass is 387 g/mol. The lowest BCUT2D eigenvalue weighted by molar-refractivity contribution is -0.119. The van der Waals surface area contributed by atoms with E-state index in [-0.39, 0.29) is 12.6 Å². The normalized spacial score (nSPS) is 12.0. The van der Waals surface area contributed by atoms with Crippen molar-refractivity contribution in [2.45, 2.75) is 39.5 Å². The molecule has 1 N–H and O–H groups in total. The maximum absolute atomic E-state index is 12.5. The van der Waals surface area contributed by atoms with Crippen molar-refractivity contribution < 1.29 is 9.53 Å². The van der Waals surface area contributed by atoms with Crippen molar-refractivity contribution in [3.05, 3.63) is 59.6 Å². The first-order chi connectivity index (χ1) is 13.1. The Morgan fingerprint density at radius 1 is 1.19 bits per heavy atom. The second-order valence-corrected chi connectivity index (χ2v) is 6.53. The number of amides is 1. The number of ether oxygens (including phenoxy) is 1. The number of rotatable bonds is 8. The van der Waals surface area contributed by atoms with Crippen LogP contribution in [0.2, 0.25) is 5.02 Å². The first-order valence-electron chi connectivity index (χ1n) is 8.83. The number of halogens is 1. The molecule has 7 nitrogen and oxygen atoms in total. The van der Waals surface area contributed by atoms with Crippen LogP contribution in [0.1, 0.15) is 31.9 Å². The van der Waals surface area contributed by atoms with Gasteiger partial charge in [0.1, 0.15) is 11.8 Å². The number of hydrogen-bond donors (Lipinski definition) is 1. The highest BCUT2D eigenvalue weighted by Gasteiger charge is 2.20.